The van der Waals surface area contributed by atoms with Crippen LogP contribution in [-0.4, -0.2) is 33.4 Å². The summed E-state index contributed by atoms with van der Waals surface area (Å²) in [6, 6.07) is 10.8. The fraction of sp³-hybridized carbons (Fsp3) is 0.300. The predicted molar refractivity (Wildman–Crippen MR) is 108 cm³/mol. The van der Waals surface area contributed by atoms with Crippen molar-refractivity contribution in [3.8, 4) is 0 Å². The van der Waals surface area contributed by atoms with Gasteiger partial charge >= 0.3 is 5.97 Å². The second-order valence-corrected chi connectivity index (χ2v) is 7.96. The first-order chi connectivity index (χ1) is 13.2. The average molecular weight is 404 g/mol. The predicted octanol–water partition coefficient (Wildman–Crippen LogP) is 3.35. The SMILES string of the molecule is CCOC(=O)c1ccc(C)c(N(CC)S(=O)(=O)c2ccc(NC(C)=O)cc2)c1. The van der Waals surface area contributed by atoms with E-state index in [0.717, 1.165) is 0 Å². The molecule has 0 saturated heterocycles. The number of sulfonamides is 1. The van der Waals surface area contributed by atoms with E-state index < -0.39 is 16.0 Å². The number of carbonyl (C=O) groups is 2. The van der Waals surface area contributed by atoms with Crippen LogP contribution < -0.4 is 9.62 Å². The van der Waals surface area contributed by atoms with Gasteiger partial charge in [-0.1, -0.05) is 6.07 Å². The summed E-state index contributed by atoms with van der Waals surface area (Å²) < 4.78 is 32.6. The van der Waals surface area contributed by atoms with Gasteiger partial charge in [-0.05, 0) is 62.7 Å². The largest absolute Gasteiger partial charge is 0.462 e. The quantitative estimate of drug-likeness (QED) is 0.715. The van der Waals surface area contributed by atoms with Gasteiger partial charge in [-0.3, -0.25) is 9.10 Å². The van der Waals surface area contributed by atoms with Crippen LogP contribution in [0.1, 0.15) is 36.7 Å². The van der Waals surface area contributed by atoms with Crippen LogP contribution in [-0.2, 0) is 19.6 Å². The number of hydrogen-bond donors (Lipinski definition) is 1. The maximum atomic E-state index is 13.2. The molecule has 2 aromatic rings. The number of nitrogens with one attached hydrogen (secondary N) is 1. The van der Waals surface area contributed by atoms with Crippen LogP contribution in [0.25, 0.3) is 0 Å². The standard InChI is InChI=1S/C20H24N2O5S/c1-5-22(19-13-16(8-7-14(19)3)20(24)27-6-2)28(25,26)18-11-9-17(10-12-18)21-15(4)23/h7-13H,5-6H2,1-4H3,(H,21,23). The Hall–Kier alpha value is -2.87. The molecule has 2 rings (SSSR count). The molecule has 0 aliphatic carbocycles. The van der Waals surface area contributed by atoms with E-state index in [-0.39, 0.29) is 29.5 Å². The van der Waals surface area contributed by atoms with Crippen LogP contribution in [0.5, 0.6) is 0 Å². The summed E-state index contributed by atoms with van der Waals surface area (Å²) >= 11 is 0. The minimum atomic E-state index is -3.86. The molecule has 0 aliphatic heterocycles. The number of nitrogens with zero attached hydrogens (tertiary/aromatic N) is 1. The fourth-order valence-electron chi connectivity index (χ4n) is 2.73. The zero-order valence-corrected chi connectivity index (χ0v) is 17.2. The number of hydrogen-bond acceptors (Lipinski definition) is 5. The van der Waals surface area contributed by atoms with Crippen molar-refractivity contribution in [1.82, 2.24) is 0 Å². The molecule has 0 bridgehead atoms. The van der Waals surface area contributed by atoms with Gasteiger partial charge < -0.3 is 10.1 Å². The number of ether oxygens (including phenoxy) is 1. The summed E-state index contributed by atoms with van der Waals surface area (Å²) in [5.74, 6) is -0.742. The first-order valence-electron chi connectivity index (χ1n) is 8.88. The van der Waals surface area contributed by atoms with E-state index in [9.17, 15) is 18.0 Å². The molecule has 0 spiro atoms. The molecule has 28 heavy (non-hydrogen) atoms. The van der Waals surface area contributed by atoms with Crippen LogP contribution in [0, 0.1) is 6.92 Å². The lowest BCUT2D eigenvalue weighted by molar-refractivity contribution is -0.114. The highest BCUT2D eigenvalue weighted by atomic mass is 32.2. The summed E-state index contributed by atoms with van der Waals surface area (Å²) in [5.41, 5.74) is 1.93. The van der Waals surface area contributed by atoms with Crippen molar-refractivity contribution in [3.63, 3.8) is 0 Å². The molecule has 0 atom stereocenters. The number of carbonyl (C=O) groups excluding carboxylic acids is 2. The van der Waals surface area contributed by atoms with Gasteiger partial charge in [0, 0.05) is 19.2 Å². The van der Waals surface area contributed by atoms with Crippen molar-refractivity contribution in [2.75, 3.05) is 22.8 Å². The molecule has 8 heteroatoms. The Morgan fingerprint density at radius 1 is 1.07 bits per heavy atom. The normalized spacial score (nSPS) is 11.0. The van der Waals surface area contributed by atoms with Crippen molar-refractivity contribution in [2.45, 2.75) is 32.6 Å². The lowest BCUT2D eigenvalue weighted by atomic mass is 10.1. The molecule has 0 aromatic heterocycles. The average Bonchev–Trinajstić information content (AvgIpc) is 2.63. The first-order valence-corrected chi connectivity index (χ1v) is 10.3. The number of rotatable bonds is 7. The summed E-state index contributed by atoms with van der Waals surface area (Å²) in [7, 11) is -3.86. The molecular weight excluding hydrogens is 380 g/mol. The summed E-state index contributed by atoms with van der Waals surface area (Å²) in [5, 5.41) is 2.60. The van der Waals surface area contributed by atoms with Crippen molar-refractivity contribution < 1.29 is 22.7 Å². The molecular formula is C20H24N2O5S. The van der Waals surface area contributed by atoms with Crippen LogP contribution in [0.4, 0.5) is 11.4 Å². The minimum Gasteiger partial charge on any atom is -0.462 e. The molecule has 0 radical (unpaired) electrons. The van der Waals surface area contributed by atoms with Gasteiger partial charge in [-0.15, -0.1) is 0 Å². The van der Waals surface area contributed by atoms with Crippen molar-refractivity contribution in [1.29, 1.82) is 0 Å². The van der Waals surface area contributed by atoms with Crippen LogP contribution in [0.2, 0.25) is 0 Å². The molecule has 1 amide bonds. The zero-order valence-electron chi connectivity index (χ0n) is 16.4. The Morgan fingerprint density at radius 2 is 1.71 bits per heavy atom. The second kappa shape index (κ2) is 8.88. The van der Waals surface area contributed by atoms with E-state index in [1.807, 2.05) is 0 Å². The maximum Gasteiger partial charge on any atom is 0.338 e. The Labute approximate surface area is 165 Å². The summed E-state index contributed by atoms with van der Waals surface area (Å²) in [6.07, 6.45) is 0. The Kier molecular flexibility index (Phi) is 6.80. The smallest absolute Gasteiger partial charge is 0.338 e. The highest BCUT2D eigenvalue weighted by Gasteiger charge is 2.25. The molecule has 0 fully saturated rings. The molecule has 0 unspecified atom stereocenters. The summed E-state index contributed by atoms with van der Waals surface area (Å²) in [4.78, 5) is 23.3. The highest BCUT2D eigenvalue weighted by molar-refractivity contribution is 7.92. The lowest BCUT2D eigenvalue weighted by Gasteiger charge is -2.25. The van der Waals surface area contributed by atoms with Crippen LogP contribution >= 0.6 is 0 Å². The Balaban J connectivity index is 2.44. The lowest BCUT2D eigenvalue weighted by Crippen LogP contribution is -2.31. The molecule has 0 heterocycles. The third-order valence-corrected chi connectivity index (χ3v) is 5.94. The molecule has 2 aromatic carbocycles. The number of aryl methyl sites for hydroxylation is 1. The first kappa shape index (κ1) is 21.4. The van der Waals surface area contributed by atoms with E-state index in [0.29, 0.717) is 16.9 Å². The van der Waals surface area contributed by atoms with Gasteiger partial charge in [-0.2, -0.15) is 0 Å². The molecule has 0 saturated carbocycles. The van der Waals surface area contributed by atoms with Gasteiger partial charge in [-0.25, -0.2) is 13.2 Å². The third kappa shape index (κ3) is 4.69. The topological polar surface area (TPSA) is 92.8 Å². The fourth-order valence-corrected chi connectivity index (χ4v) is 4.26. The van der Waals surface area contributed by atoms with E-state index in [4.69, 9.17) is 4.74 Å². The maximum absolute atomic E-state index is 13.2. The minimum absolute atomic E-state index is 0.0874. The van der Waals surface area contributed by atoms with Crippen molar-refractivity contribution in [3.05, 3.63) is 53.6 Å². The van der Waals surface area contributed by atoms with Gasteiger partial charge in [0.1, 0.15) is 0 Å². The molecule has 7 nitrogen and oxygen atoms in total. The second-order valence-electron chi connectivity index (χ2n) is 6.10. The summed E-state index contributed by atoms with van der Waals surface area (Å²) in [6.45, 7) is 7.01. The van der Waals surface area contributed by atoms with E-state index >= 15 is 0 Å². The molecule has 150 valence electrons. The van der Waals surface area contributed by atoms with Gasteiger partial charge in [0.15, 0.2) is 0 Å². The zero-order chi connectivity index (χ0) is 20.9. The van der Waals surface area contributed by atoms with Crippen molar-refractivity contribution >= 4 is 33.3 Å². The number of esters is 1. The van der Waals surface area contributed by atoms with Gasteiger partial charge in [0.25, 0.3) is 10.0 Å². The van der Waals surface area contributed by atoms with Gasteiger partial charge in [0.2, 0.25) is 5.91 Å². The van der Waals surface area contributed by atoms with Crippen LogP contribution in [0.3, 0.4) is 0 Å². The van der Waals surface area contributed by atoms with E-state index in [1.165, 1.54) is 41.6 Å². The third-order valence-electron chi connectivity index (χ3n) is 4.04. The van der Waals surface area contributed by atoms with Gasteiger partial charge in [0.05, 0.1) is 22.8 Å². The monoisotopic (exact) mass is 404 g/mol. The number of benzene rings is 2. The molecule has 0 aliphatic rings. The number of amides is 1. The van der Waals surface area contributed by atoms with Crippen molar-refractivity contribution in [2.24, 2.45) is 0 Å². The van der Waals surface area contributed by atoms with E-state index in [1.54, 1.807) is 32.9 Å². The molecule has 1 N–H and O–H groups in total. The Morgan fingerprint density at radius 3 is 2.25 bits per heavy atom. The number of anilines is 2. The van der Waals surface area contributed by atoms with E-state index in [2.05, 4.69) is 5.32 Å². The highest BCUT2D eigenvalue weighted by Crippen LogP contribution is 2.28. The Bertz CT molecular complexity index is 969. The van der Waals surface area contributed by atoms with Crippen LogP contribution in [0.15, 0.2) is 47.4 Å².